The van der Waals surface area contributed by atoms with Crippen LogP contribution in [0.25, 0.3) is 17.3 Å². The Morgan fingerprint density at radius 2 is 1.69 bits per heavy atom. The van der Waals surface area contributed by atoms with Crippen LogP contribution in [0.3, 0.4) is 0 Å². The van der Waals surface area contributed by atoms with Gasteiger partial charge in [0.15, 0.2) is 5.69 Å². The number of aromatic carboxylic acids is 1. The molecule has 4 rings (SSSR count). The van der Waals surface area contributed by atoms with Crippen molar-refractivity contribution in [2.75, 3.05) is 0 Å². The van der Waals surface area contributed by atoms with Crippen LogP contribution < -0.4 is 0 Å². The quantitative estimate of drug-likeness (QED) is 0.449. The van der Waals surface area contributed by atoms with Crippen molar-refractivity contribution in [1.29, 1.82) is 0 Å². The van der Waals surface area contributed by atoms with Gasteiger partial charge in [0.2, 0.25) is 0 Å². The zero-order valence-corrected chi connectivity index (χ0v) is 17.6. The van der Waals surface area contributed by atoms with E-state index in [0.717, 1.165) is 41.7 Å². The minimum Gasteiger partial charge on any atom is -0.476 e. The van der Waals surface area contributed by atoms with Crippen LogP contribution in [0.5, 0.6) is 0 Å². The lowest BCUT2D eigenvalue weighted by Crippen LogP contribution is -2.04. The molecular weight excluding hydrogens is 431 g/mol. The summed E-state index contributed by atoms with van der Waals surface area (Å²) in [6, 6.07) is 12.6. The van der Waals surface area contributed by atoms with E-state index in [4.69, 9.17) is 34.8 Å². The van der Waals surface area contributed by atoms with Crippen LogP contribution in [0.1, 0.15) is 46.6 Å². The van der Waals surface area contributed by atoms with Gasteiger partial charge < -0.3 is 5.11 Å². The highest BCUT2D eigenvalue weighted by Gasteiger charge is 2.27. The molecular formula is C22H17Cl3N2O2. The molecule has 29 heavy (non-hydrogen) atoms. The van der Waals surface area contributed by atoms with Gasteiger partial charge in [0.05, 0.1) is 16.4 Å². The number of benzene rings is 2. The molecule has 0 radical (unpaired) electrons. The number of halogens is 3. The highest BCUT2D eigenvalue weighted by atomic mass is 35.5. The van der Waals surface area contributed by atoms with E-state index in [9.17, 15) is 9.90 Å². The molecule has 0 saturated heterocycles. The molecule has 0 amide bonds. The van der Waals surface area contributed by atoms with E-state index in [2.05, 4.69) is 11.2 Å². The summed E-state index contributed by atoms with van der Waals surface area (Å²) in [5.41, 5.74) is 4.12. The third-order valence-electron chi connectivity index (χ3n) is 4.96. The minimum atomic E-state index is -1.05. The molecule has 0 aliphatic heterocycles. The summed E-state index contributed by atoms with van der Waals surface area (Å²) in [4.78, 5) is 11.9. The first-order valence-electron chi connectivity index (χ1n) is 9.21. The van der Waals surface area contributed by atoms with Crippen LogP contribution in [0.15, 0.2) is 42.5 Å². The van der Waals surface area contributed by atoms with E-state index in [-0.39, 0.29) is 5.69 Å². The van der Waals surface area contributed by atoms with Crippen LogP contribution in [0.4, 0.5) is 0 Å². The molecule has 0 unspecified atom stereocenters. The summed E-state index contributed by atoms with van der Waals surface area (Å²) in [5.74, 6) is -1.05. The van der Waals surface area contributed by atoms with Crippen LogP contribution in [-0.4, -0.2) is 20.9 Å². The fourth-order valence-corrected chi connectivity index (χ4v) is 4.14. The first-order valence-corrected chi connectivity index (χ1v) is 10.3. The van der Waals surface area contributed by atoms with Gasteiger partial charge in [-0.1, -0.05) is 46.9 Å². The topological polar surface area (TPSA) is 55.1 Å². The fourth-order valence-electron chi connectivity index (χ4n) is 3.65. The summed E-state index contributed by atoms with van der Waals surface area (Å²) in [7, 11) is 0. The normalized spacial score (nSPS) is 15.2. The molecule has 0 spiro atoms. The van der Waals surface area contributed by atoms with Crippen molar-refractivity contribution < 1.29 is 9.90 Å². The number of carboxylic acids is 1. The highest BCUT2D eigenvalue weighted by Crippen LogP contribution is 2.37. The van der Waals surface area contributed by atoms with Crippen LogP contribution in [0.2, 0.25) is 15.1 Å². The number of carboxylic acid groups (broad SMARTS) is 1. The molecule has 1 aromatic heterocycles. The van der Waals surface area contributed by atoms with E-state index >= 15 is 0 Å². The van der Waals surface area contributed by atoms with Crippen LogP contribution in [-0.2, 0) is 6.42 Å². The van der Waals surface area contributed by atoms with Gasteiger partial charge in [-0.15, -0.1) is 0 Å². The maximum absolute atomic E-state index is 11.9. The third kappa shape index (κ3) is 4.06. The maximum Gasteiger partial charge on any atom is 0.356 e. The molecule has 0 atom stereocenters. The second-order valence-electron chi connectivity index (χ2n) is 6.92. The van der Waals surface area contributed by atoms with Crippen molar-refractivity contribution in [2.45, 2.75) is 25.7 Å². The van der Waals surface area contributed by atoms with Crippen molar-refractivity contribution >= 4 is 52.4 Å². The number of hydrogen-bond donors (Lipinski definition) is 1. The van der Waals surface area contributed by atoms with E-state index in [1.807, 2.05) is 24.3 Å². The van der Waals surface area contributed by atoms with E-state index in [1.165, 1.54) is 0 Å². The third-order valence-corrected chi connectivity index (χ3v) is 5.77. The Kier molecular flexibility index (Phi) is 5.68. The van der Waals surface area contributed by atoms with Crippen molar-refractivity contribution in [1.82, 2.24) is 9.78 Å². The van der Waals surface area contributed by atoms with Gasteiger partial charge in [-0.2, -0.15) is 5.10 Å². The highest BCUT2D eigenvalue weighted by molar-refractivity contribution is 6.34. The molecule has 2 aromatic carbocycles. The average molecular weight is 448 g/mol. The van der Waals surface area contributed by atoms with Crippen LogP contribution in [0, 0.1) is 0 Å². The summed E-state index contributed by atoms with van der Waals surface area (Å²) in [6.45, 7) is 0. The Hall–Kier alpha value is -2.27. The summed E-state index contributed by atoms with van der Waals surface area (Å²) >= 11 is 18.6. The van der Waals surface area contributed by atoms with Gasteiger partial charge in [-0.25, -0.2) is 9.48 Å². The van der Waals surface area contributed by atoms with Gasteiger partial charge in [0.1, 0.15) is 0 Å². The lowest BCUT2D eigenvalue weighted by molar-refractivity contribution is 0.0688. The van der Waals surface area contributed by atoms with Crippen molar-refractivity contribution in [3.8, 4) is 5.69 Å². The Morgan fingerprint density at radius 3 is 2.41 bits per heavy atom. The number of rotatable bonds is 3. The van der Waals surface area contributed by atoms with E-state index in [1.54, 1.807) is 22.9 Å². The number of hydrogen-bond acceptors (Lipinski definition) is 2. The summed E-state index contributed by atoms with van der Waals surface area (Å²) in [6.07, 6.45) is 5.35. The fraction of sp³-hybridized carbons (Fsp3) is 0.182. The predicted octanol–water partition coefficient (Wildman–Crippen LogP) is 6.80. The minimum absolute atomic E-state index is 0.0555. The molecule has 0 saturated carbocycles. The van der Waals surface area contributed by atoms with E-state index < -0.39 is 5.97 Å². The lowest BCUT2D eigenvalue weighted by Gasteiger charge is -2.13. The molecule has 148 valence electrons. The van der Waals surface area contributed by atoms with Gasteiger partial charge in [-0.05, 0) is 73.2 Å². The smallest absolute Gasteiger partial charge is 0.356 e. The lowest BCUT2D eigenvalue weighted by atomic mass is 10.0. The molecule has 3 aromatic rings. The Bertz CT molecular complexity index is 1120. The average Bonchev–Trinajstić information content (AvgIpc) is 2.95. The molecule has 4 nitrogen and oxygen atoms in total. The SMILES string of the molecule is O=C(O)c1nn(-c2cc(Cl)ccc2Cl)c2c1CCCCC2=Cc1ccc(Cl)cc1. The largest absolute Gasteiger partial charge is 0.476 e. The maximum atomic E-state index is 11.9. The molecule has 7 heteroatoms. The van der Waals surface area contributed by atoms with E-state index in [0.29, 0.717) is 27.2 Å². The second-order valence-corrected chi connectivity index (χ2v) is 8.20. The zero-order valence-electron chi connectivity index (χ0n) is 15.3. The number of aromatic nitrogens is 2. The van der Waals surface area contributed by atoms with Gasteiger partial charge >= 0.3 is 5.97 Å². The number of allylic oxidation sites excluding steroid dienone is 1. The number of carbonyl (C=O) groups is 1. The molecule has 0 fully saturated rings. The second kappa shape index (κ2) is 8.23. The summed E-state index contributed by atoms with van der Waals surface area (Å²) < 4.78 is 1.63. The van der Waals surface area contributed by atoms with Crippen molar-refractivity contribution in [3.05, 3.63) is 80.0 Å². The first kappa shape index (κ1) is 20.0. The predicted molar refractivity (Wildman–Crippen MR) is 117 cm³/mol. The van der Waals surface area contributed by atoms with Gasteiger partial charge in [-0.3, -0.25) is 0 Å². The van der Waals surface area contributed by atoms with Gasteiger partial charge in [0.25, 0.3) is 0 Å². The van der Waals surface area contributed by atoms with Crippen molar-refractivity contribution in [3.63, 3.8) is 0 Å². The number of nitrogens with zero attached hydrogens (tertiary/aromatic N) is 2. The molecule has 1 aliphatic rings. The van der Waals surface area contributed by atoms with Crippen molar-refractivity contribution in [2.24, 2.45) is 0 Å². The first-order chi connectivity index (χ1) is 13.9. The Morgan fingerprint density at radius 1 is 1.00 bits per heavy atom. The molecule has 1 heterocycles. The molecule has 1 N–H and O–H groups in total. The zero-order chi connectivity index (χ0) is 20.5. The Balaban J connectivity index is 1.98. The summed E-state index contributed by atoms with van der Waals surface area (Å²) in [5, 5.41) is 15.8. The van der Waals surface area contributed by atoms with Crippen LogP contribution >= 0.6 is 34.8 Å². The number of fused-ring (bicyclic) bond motifs is 1. The molecule has 1 aliphatic carbocycles. The monoisotopic (exact) mass is 446 g/mol. The standard InChI is InChI=1S/C22H17Cl3N2O2/c23-15-7-5-13(6-8-15)11-14-3-1-2-4-17-20(22(28)29)26-27(21(14)17)19-12-16(24)9-10-18(19)25/h5-12H,1-4H2,(H,28,29). The molecule has 0 bridgehead atoms. The van der Waals surface area contributed by atoms with Gasteiger partial charge in [0, 0.05) is 15.6 Å². The Labute approximate surface area is 183 Å².